The quantitative estimate of drug-likeness (QED) is 0.311. The Hall–Kier alpha value is -2.71. The first kappa shape index (κ1) is 28.9. The summed E-state index contributed by atoms with van der Waals surface area (Å²) in [7, 11) is 0. The zero-order valence-electron chi connectivity index (χ0n) is 23.1. The van der Waals surface area contributed by atoms with Crippen molar-refractivity contribution in [2.75, 3.05) is 0 Å². The molecule has 9 atom stereocenters. The third-order valence-electron chi connectivity index (χ3n) is 8.98. The molecule has 9 heteroatoms. The Balaban J connectivity index is 2.35. The number of ketones is 1. The van der Waals surface area contributed by atoms with Crippen LogP contribution in [0.5, 0.6) is 0 Å². The molecule has 0 saturated heterocycles. The number of Topliss-reactive ketones (excluding diaryl/α,β-unsaturated/α-hetero) is 1. The van der Waals surface area contributed by atoms with E-state index >= 15 is 0 Å². The Bertz CT molecular complexity index is 998. The smallest absolute Gasteiger partial charge is 0.303 e. The molecule has 3 rings (SSSR count). The molecule has 0 aromatic carbocycles. The second-order valence-electron chi connectivity index (χ2n) is 11.8. The van der Waals surface area contributed by atoms with Crippen molar-refractivity contribution >= 4 is 29.7 Å². The molecule has 206 valence electrons. The van der Waals surface area contributed by atoms with Crippen molar-refractivity contribution in [1.29, 1.82) is 0 Å². The van der Waals surface area contributed by atoms with Crippen LogP contribution in [-0.2, 0) is 42.9 Å². The molecule has 0 aromatic heterocycles. The largest absolute Gasteiger partial charge is 0.462 e. The van der Waals surface area contributed by atoms with E-state index in [1.54, 1.807) is 0 Å². The second kappa shape index (κ2) is 10.2. The average Bonchev–Trinajstić information content (AvgIpc) is 2.74. The van der Waals surface area contributed by atoms with E-state index < -0.39 is 82.8 Å². The van der Waals surface area contributed by atoms with Crippen LogP contribution in [0.25, 0.3) is 0 Å². The minimum Gasteiger partial charge on any atom is -0.462 e. The van der Waals surface area contributed by atoms with Crippen LogP contribution in [0.1, 0.15) is 74.7 Å². The maximum absolute atomic E-state index is 13.4. The third-order valence-corrected chi connectivity index (χ3v) is 8.98. The molecule has 3 saturated carbocycles. The summed E-state index contributed by atoms with van der Waals surface area (Å²) in [4.78, 5) is 62.7. The lowest BCUT2D eigenvalue weighted by Crippen LogP contribution is -2.67. The number of hydrogen-bond donors (Lipinski definition) is 0. The predicted molar refractivity (Wildman–Crippen MR) is 132 cm³/mol. The minimum atomic E-state index is -0.967. The average molecular weight is 521 g/mol. The van der Waals surface area contributed by atoms with Gasteiger partial charge in [-0.3, -0.25) is 24.0 Å². The Morgan fingerprint density at radius 2 is 1.35 bits per heavy atom. The SMILES string of the molecule is C=C1[C@@H](OC(C)=O)CC[C@@]2(C)[C@@H](OC(C)=O)[C@H](OC(C)=O)[C@H]3[C@H](C)C(=O)C[C@@H]([C@@H](OC(C)=O)[C@H]12)C3(C)C. The van der Waals surface area contributed by atoms with Gasteiger partial charge in [-0.2, -0.15) is 0 Å². The van der Waals surface area contributed by atoms with Gasteiger partial charge in [0.05, 0.1) is 0 Å². The minimum absolute atomic E-state index is 0.0493. The van der Waals surface area contributed by atoms with Gasteiger partial charge in [-0.1, -0.05) is 34.3 Å². The van der Waals surface area contributed by atoms with Crippen LogP contribution >= 0.6 is 0 Å². The monoisotopic (exact) mass is 520 g/mol. The lowest BCUT2D eigenvalue weighted by molar-refractivity contribution is -0.235. The van der Waals surface area contributed by atoms with Gasteiger partial charge in [0, 0.05) is 63.2 Å². The fourth-order valence-electron chi connectivity index (χ4n) is 7.50. The summed E-state index contributed by atoms with van der Waals surface area (Å²) < 4.78 is 23.5. The number of carbonyl (C=O) groups excluding carboxylic acids is 5. The van der Waals surface area contributed by atoms with Crippen LogP contribution in [-0.4, -0.2) is 54.1 Å². The molecule has 2 bridgehead atoms. The van der Waals surface area contributed by atoms with E-state index in [0.717, 1.165) is 0 Å². The molecule has 0 heterocycles. The first-order chi connectivity index (χ1) is 17.0. The Kier molecular flexibility index (Phi) is 7.97. The van der Waals surface area contributed by atoms with E-state index in [4.69, 9.17) is 18.9 Å². The summed E-state index contributed by atoms with van der Waals surface area (Å²) in [6.07, 6.45) is -2.38. The van der Waals surface area contributed by atoms with Crippen LogP contribution in [0.15, 0.2) is 12.2 Å². The van der Waals surface area contributed by atoms with Crippen molar-refractivity contribution in [3.63, 3.8) is 0 Å². The van der Waals surface area contributed by atoms with Crippen molar-refractivity contribution in [1.82, 2.24) is 0 Å². The molecule has 3 aliphatic rings. The normalized spacial score (nSPS) is 38.8. The van der Waals surface area contributed by atoms with Crippen LogP contribution in [0.2, 0.25) is 0 Å². The molecule has 0 radical (unpaired) electrons. The van der Waals surface area contributed by atoms with Gasteiger partial charge in [-0.15, -0.1) is 0 Å². The molecular formula is C28H40O9. The van der Waals surface area contributed by atoms with E-state index in [1.165, 1.54) is 27.7 Å². The van der Waals surface area contributed by atoms with Crippen LogP contribution < -0.4 is 0 Å². The van der Waals surface area contributed by atoms with Gasteiger partial charge in [0.15, 0.2) is 0 Å². The lowest BCUT2D eigenvalue weighted by Gasteiger charge is -2.61. The molecular weight excluding hydrogens is 480 g/mol. The highest BCUT2D eigenvalue weighted by Gasteiger charge is 2.66. The highest BCUT2D eigenvalue weighted by Crippen LogP contribution is 2.61. The third kappa shape index (κ3) is 5.18. The first-order valence-corrected chi connectivity index (χ1v) is 12.9. The van der Waals surface area contributed by atoms with E-state index in [9.17, 15) is 24.0 Å². The standard InChI is InChI=1S/C28H40O9/c1-13-20(33)12-19-24(35-16(4)30)23-14(2)21(34-15(3)29)10-11-28(23,9)26(37-18(6)32)25(36-17(5)31)22(13)27(19,7)8/h13,19,21-26H,2,10-12H2,1,3-9H3/t13-,19+,21+,22-,23+,24-,25-,26+,28-/m1/s1. The molecule has 0 amide bonds. The zero-order chi connectivity index (χ0) is 28.0. The summed E-state index contributed by atoms with van der Waals surface area (Å²) in [5, 5.41) is 0. The zero-order valence-corrected chi connectivity index (χ0v) is 23.1. The van der Waals surface area contributed by atoms with Crippen molar-refractivity contribution < 1.29 is 42.9 Å². The number of fused-ring (bicyclic) bond motifs is 3. The maximum Gasteiger partial charge on any atom is 0.303 e. The molecule has 0 spiro atoms. The highest BCUT2D eigenvalue weighted by atomic mass is 16.6. The Morgan fingerprint density at radius 3 is 1.86 bits per heavy atom. The second-order valence-corrected chi connectivity index (χ2v) is 11.8. The molecule has 0 aromatic rings. The Morgan fingerprint density at radius 1 is 0.838 bits per heavy atom. The van der Waals surface area contributed by atoms with Gasteiger partial charge in [0.2, 0.25) is 0 Å². The van der Waals surface area contributed by atoms with Crippen molar-refractivity contribution in [3.05, 3.63) is 12.2 Å². The number of carbonyl (C=O) groups is 5. The van der Waals surface area contributed by atoms with Crippen molar-refractivity contribution in [2.24, 2.45) is 34.5 Å². The summed E-state index contributed by atoms with van der Waals surface area (Å²) in [5.41, 5.74) is -1.07. The van der Waals surface area contributed by atoms with Crippen molar-refractivity contribution in [2.45, 2.75) is 99.1 Å². The van der Waals surface area contributed by atoms with E-state index in [-0.39, 0.29) is 12.2 Å². The van der Waals surface area contributed by atoms with Crippen LogP contribution in [0.3, 0.4) is 0 Å². The van der Waals surface area contributed by atoms with E-state index in [2.05, 4.69) is 6.58 Å². The topological polar surface area (TPSA) is 122 Å². The summed E-state index contributed by atoms with van der Waals surface area (Å²) in [6, 6.07) is 0. The predicted octanol–water partition coefficient (Wildman–Crippen LogP) is 3.57. The van der Waals surface area contributed by atoms with E-state index in [1.807, 2.05) is 27.7 Å². The van der Waals surface area contributed by atoms with Gasteiger partial charge in [0.1, 0.15) is 30.2 Å². The van der Waals surface area contributed by atoms with Crippen LogP contribution in [0.4, 0.5) is 0 Å². The number of esters is 4. The van der Waals surface area contributed by atoms with Gasteiger partial charge in [0.25, 0.3) is 0 Å². The van der Waals surface area contributed by atoms with Gasteiger partial charge in [-0.05, 0) is 23.8 Å². The van der Waals surface area contributed by atoms with Gasteiger partial charge < -0.3 is 18.9 Å². The molecule has 0 unspecified atom stereocenters. The molecule has 0 N–H and O–H groups in total. The fourth-order valence-corrected chi connectivity index (χ4v) is 7.50. The molecule has 37 heavy (non-hydrogen) atoms. The van der Waals surface area contributed by atoms with Crippen molar-refractivity contribution in [3.8, 4) is 0 Å². The Labute approximate surface area is 218 Å². The molecule has 3 aliphatic carbocycles. The first-order valence-electron chi connectivity index (χ1n) is 12.9. The molecule has 3 fully saturated rings. The molecule has 9 nitrogen and oxygen atoms in total. The van der Waals surface area contributed by atoms with Gasteiger partial charge >= 0.3 is 23.9 Å². The number of ether oxygens (including phenoxy) is 4. The lowest BCUT2D eigenvalue weighted by atomic mass is 9.46. The summed E-state index contributed by atoms with van der Waals surface area (Å²) in [5.74, 6) is -4.26. The highest BCUT2D eigenvalue weighted by molar-refractivity contribution is 5.83. The van der Waals surface area contributed by atoms with Crippen LogP contribution in [0, 0.1) is 34.5 Å². The maximum atomic E-state index is 13.4. The summed E-state index contributed by atoms with van der Waals surface area (Å²) in [6.45, 7) is 17.2. The molecule has 0 aliphatic heterocycles. The number of rotatable bonds is 4. The van der Waals surface area contributed by atoms with Gasteiger partial charge in [-0.25, -0.2) is 0 Å². The number of hydrogen-bond acceptors (Lipinski definition) is 9. The summed E-state index contributed by atoms with van der Waals surface area (Å²) >= 11 is 0. The van der Waals surface area contributed by atoms with E-state index in [0.29, 0.717) is 18.4 Å². The fraction of sp³-hybridized carbons (Fsp3) is 0.750.